The third kappa shape index (κ3) is 6.86. The Morgan fingerprint density at radius 2 is 2.30 bits per heavy atom. The first kappa shape index (κ1) is 8.86. The summed E-state index contributed by atoms with van der Waals surface area (Å²) in [6.07, 6.45) is 12.3. The lowest BCUT2D eigenvalue weighted by Gasteiger charge is -1.83. The lowest BCUT2D eigenvalue weighted by atomic mass is 10.2. The number of allylic oxidation sites excluding steroid dienone is 2. The maximum Gasteiger partial charge on any atom is -0.0108 e. The van der Waals surface area contributed by atoms with Crippen LogP contribution in [-0.2, 0) is 0 Å². The molecule has 0 amide bonds. The molecule has 0 nitrogen and oxygen atoms in total. The fourth-order valence-corrected chi connectivity index (χ4v) is 0.548. The summed E-state index contributed by atoms with van der Waals surface area (Å²) in [4.78, 5) is 0. The first-order valence-corrected chi connectivity index (χ1v) is 3.53. The van der Waals surface area contributed by atoms with Crippen molar-refractivity contribution in [3.8, 4) is 24.2 Å². The van der Waals surface area contributed by atoms with Crippen LogP contribution in [0.15, 0.2) is 12.2 Å². The molecule has 0 rings (SSSR count). The van der Waals surface area contributed by atoms with Gasteiger partial charge in [0.05, 0.1) is 0 Å². The van der Waals surface area contributed by atoms with E-state index in [1.165, 1.54) is 12.8 Å². The van der Waals surface area contributed by atoms with Crippen molar-refractivity contribution in [2.75, 3.05) is 0 Å². The average molecular weight is 132 g/mol. The van der Waals surface area contributed by atoms with E-state index < -0.39 is 0 Å². The number of hydrogen-bond acceptors (Lipinski definition) is 0. The van der Waals surface area contributed by atoms with E-state index in [0.29, 0.717) is 0 Å². The fraction of sp³-hybridized carbons (Fsp3) is 0.400. The normalized spacial score (nSPS) is 8.40. The van der Waals surface area contributed by atoms with Crippen LogP contribution in [0.25, 0.3) is 0 Å². The standard InChI is InChI=1S/C10H12/c1-3-5-7-9-10-8-6-4-2/h1,9-10H,4,6,8H2,2H3. The van der Waals surface area contributed by atoms with Gasteiger partial charge >= 0.3 is 0 Å². The highest BCUT2D eigenvalue weighted by Gasteiger charge is 1.74. The van der Waals surface area contributed by atoms with Crippen LogP contribution in [-0.4, -0.2) is 0 Å². The largest absolute Gasteiger partial charge is 0.106 e. The maximum atomic E-state index is 4.91. The summed E-state index contributed by atoms with van der Waals surface area (Å²) in [5, 5.41) is 0. The van der Waals surface area contributed by atoms with Crippen LogP contribution in [0.1, 0.15) is 26.2 Å². The predicted molar refractivity (Wildman–Crippen MR) is 45.3 cm³/mol. The average Bonchev–Trinajstić information content (AvgIpc) is 1.97. The number of terminal acetylenes is 1. The SMILES string of the molecule is C#CC#CC=CCCCC. The fourth-order valence-electron chi connectivity index (χ4n) is 0.548. The molecule has 0 aromatic heterocycles. The van der Waals surface area contributed by atoms with Gasteiger partial charge in [0.25, 0.3) is 0 Å². The van der Waals surface area contributed by atoms with E-state index in [9.17, 15) is 0 Å². The van der Waals surface area contributed by atoms with Gasteiger partial charge in [-0.25, -0.2) is 0 Å². The van der Waals surface area contributed by atoms with E-state index in [-0.39, 0.29) is 0 Å². The predicted octanol–water partition coefficient (Wildman–Crippen LogP) is 2.37. The van der Waals surface area contributed by atoms with Gasteiger partial charge in [-0.05, 0) is 24.3 Å². The first-order valence-electron chi connectivity index (χ1n) is 3.53. The smallest absolute Gasteiger partial charge is 0.0108 e. The Labute approximate surface area is 63.3 Å². The monoisotopic (exact) mass is 132 g/mol. The van der Waals surface area contributed by atoms with Crippen LogP contribution < -0.4 is 0 Å². The summed E-state index contributed by atoms with van der Waals surface area (Å²) in [5.41, 5.74) is 0. The number of hydrogen-bond donors (Lipinski definition) is 0. The minimum atomic E-state index is 1.11. The Bertz CT molecular complexity index is 180. The zero-order chi connectivity index (χ0) is 7.66. The molecule has 0 N–H and O–H groups in total. The zero-order valence-electron chi connectivity index (χ0n) is 6.35. The number of unbranched alkanes of at least 4 members (excludes halogenated alkanes) is 2. The summed E-state index contributed by atoms with van der Waals surface area (Å²) in [7, 11) is 0. The zero-order valence-corrected chi connectivity index (χ0v) is 6.35. The Kier molecular flexibility index (Phi) is 6.96. The second kappa shape index (κ2) is 7.86. The van der Waals surface area contributed by atoms with Crippen molar-refractivity contribution in [2.45, 2.75) is 26.2 Å². The van der Waals surface area contributed by atoms with Crippen molar-refractivity contribution < 1.29 is 0 Å². The summed E-state index contributed by atoms with van der Waals surface area (Å²) < 4.78 is 0. The topological polar surface area (TPSA) is 0 Å². The van der Waals surface area contributed by atoms with Crippen molar-refractivity contribution in [1.29, 1.82) is 0 Å². The Hall–Kier alpha value is -1.14. The van der Waals surface area contributed by atoms with Crippen molar-refractivity contribution >= 4 is 0 Å². The van der Waals surface area contributed by atoms with Gasteiger partial charge < -0.3 is 0 Å². The molecule has 10 heavy (non-hydrogen) atoms. The van der Waals surface area contributed by atoms with Crippen LogP contribution in [0.4, 0.5) is 0 Å². The molecule has 52 valence electrons. The van der Waals surface area contributed by atoms with E-state index in [2.05, 4.69) is 24.7 Å². The third-order valence-electron chi connectivity index (χ3n) is 1.07. The molecule has 0 saturated heterocycles. The molecule has 0 atom stereocenters. The van der Waals surface area contributed by atoms with Crippen molar-refractivity contribution in [3.63, 3.8) is 0 Å². The highest BCUT2D eigenvalue weighted by molar-refractivity contribution is 5.27. The van der Waals surface area contributed by atoms with E-state index in [4.69, 9.17) is 6.42 Å². The molecule has 0 saturated carbocycles. The molecule has 0 heteroatoms. The highest BCUT2D eigenvalue weighted by Crippen LogP contribution is 1.93. The molecular weight excluding hydrogens is 120 g/mol. The van der Waals surface area contributed by atoms with Gasteiger partial charge in [-0.15, -0.1) is 6.42 Å². The van der Waals surface area contributed by atoms with Crippen molar-refractivity contribution in [2.24, 2.45) is 0 Å². The molecule has 0 spiro atoms. The Balaban J connectivity index is 3.31. The molecule has 0 aromatic rings. The van der Waals surface area contributed by atoms with Gasteiger partial charge in [0, 0.05) is 0 Å². The molecule has 0 heterocycles. The summed E-state index contributed by atoms with van der Waals surface area (Å²) in [6, 6.07) is 0. The molecule has 0 aliphatic carbocycles. The summed E-state index contributed by atoms with van der Waals surface area (Å²) in [6.45, 7) is 2.17. The van der Waals surface area contributed by atoms with Crippen molar-refractivity contribution in [3.05, 3.63) is 12.2 Å². The molecule has 0 aliphatic heterocycles. The summed E-state index contributed by atoms with van der Waals surface area (Å²) >= 11 is 0. The van der Waals surface area contributed by atoms with Gasteiger partial charge in [-0.2, -0.15) is 0 Å². The van der Waals surface area contributed by atoms with Crippen LogP contribution in [0.3, 0.4) is 0 Å². The number of rotatable bonds is 3. The van der Waals surface area contributed by atoms with Gasteiger partial charge in [0.1, 0.15) is 0 Å². The first-order chi connectivity index (χ1) is 4.91. The van der Waals surface area contributed by atoms with Gasteiger partial charge in [0.15, 0.2) is 0 Å². The lowest BCUT2D eigenvalue weighted by molar-refractivity contribution is 0.815. The molecule has 0 unspecified atom stereocenters. The maximum absolute atomic E-state index is 4.91. The van der Waals surface area contributed by atoms with E-state index in [1.807, 2.05) is 12.2 Å². The van der Waals surface area contributed by atoms with Gasteiger partial charge in [0.2, 0.25) is 0 Å². The van der Waals surface area contributed by atoms with Gasteiger partial charge in [-0.3, -0.25) is 0 Å². The molecular formula is C10H12. The van der Waals surface area contributed by atoms with Crippen molar-refractivity contribution in [1.82, 2.24) is 0 Å². The lowest BCUT2D eigenvalue weighted by Crippen LogP contribution is -1.64. The highest BCUT2D eigenvalue weighted by atomic mass is 13.8. The Morgan fingerprint density at radius 1 is 1.50 bits per heavy atom. The molecule has 0 bridgehead atoms. The molecule has 0 aromatic carbocycles. The van der Waals surface area contributed by atoms with Crippen LogP contribution in [0.5, 0.6) is 0 Å². The van der Waals surface area contributed by atoms with Crippen LogP contribution >= 0.6 is 0 Å². The summed E-state index contributed by atoms with van der Waals surface area (Å²) in [5.74, 6) is 7.49. The Morgan fingerprint density at radius 3 is 2.90 bits per heavy atom. The second-order valence-electron chi connectivity index (χ2n) is 1.96. The molecule has 0 aliphatic rings. The second-order valence-corrected chi connectivity index (χ2v) is 1.96. The van der Waals surface area contributed by atoms with E-state index in [1.54, 1.807) is 0 Å². The van der Waals surface area contributed by atoms with E-state index >= 15 is 0 Å². The van der Waals surface area contributed by atoms with Crippen LogP contribution in [0, 0.1) is 24.2 Å². The quantitative estimate of drug-likeness (QED) is 0.408. The minimum absolute atomic E-state index is 1.11. The van der Waals surface area contributed by atoms with Crippen LogP contribution in [0.2, 0.25) is 0 Å². The molecule has 0 radical (unpaired) electrons. The van der Waals surface area contributed by atoms with Gasteiger partial charge in [-0.1, -0.05) is 31.8 Å². The third-order valence-corrected chi connectivity index (χ3v) is 1.07. The van der Waals surface area contributed by atoms with E-state index in [0.717, 1.165) is 6.42 Å². The minimum Gasteiger partial charge on any atom is -0.106 e. The molecule has 0 fully saturated rings.